The van der Waals surface area contributed by atoms with Crippen LogP contribution in [0.25, 0.3) is 11.0 Å². The molecule has 152 valence electrons. The minimum absolute atomic E-state index is 0.0574. The summed E-state index contributed by atoms with van der Waals surface area (Å²) in [6.07, 6.45) is 6.52. The maximum atomic E-state index is 12.6. The van der Waals surface area contributed by atoms with Gasteiger partial charge in [-0.2, -0.15) is 5.10 Å². The molecule has 1 aromatic carbocycles. The lowest BCUT2D eigenvalue weighted by Crippen LogP contribution is -2.42. The molecule has 8 nitrogen and oxygen atoms in total. The zero-order valence-electron chi connectivity index (χ0n) is 16.6. The van der Waals surface area contributed by atoms with Crippen molar-refractivity contribution in [3.05, 3.63) is 58.8 Å². The number of aryl methyl sites for hydroxylation is 1. The van der Waals surface area contributed by atoms with Crippen molar-refractivity contribution in [2.45, 2.75) is 31.8 Å². The lowest BCUT2D eigenvalue weighted by atomic mass is 10.0. The first-order valence-corrected chi connectivity index (χ1v) is 10.1. The molecule has 4 rings (SSSR count). The van der Waals surface area contributed by atoms with Crippen molar-refractivity contribution in [2.75, 3.05) is 19.6 Å². The van der Waals surface area contributed by atoms with Gasteiger partial charge in [0.2, 0.25) is 5.91 Å². The molecule has 3 aromatic rings. The molecule has 1 saturated heterocycles. The first kappa shape index (κ1) is 19.3. The number of carbonyl (C=O) groups excluding carboxylic acids is 1. The van der Waals surface area contributed by atoms with Gasteiger partial charge in [0.15, 0.2) is 5.65 Å². The van der Waals surface area contributed by atoms with Crippen LogP contribution >= 0.6 is 0 Å². The Morgan fingerprint density at radius 2 is 1.93 bits per heavy atom. The number of hydrogen-bond acceptors (Lipinski definition) is 5. The van der Waals surface area contributed by atoms with Crippen LogP contribution in [0, 0.1) is 0 Å². The number of piperidine rings is 1. The van der Waals surface area contributed by atoms with E-state index in [2.05, 4.69) is 32.4 Å². The van der Waals surface area contributed by atoms with Crippen LogP contribution in [0.15, 0.2) is 47.7 Å². The fourth-order valence-electron chi connectivity index (χ4n) is 3.96. The Morgan fingerprint density at radius 3 is 2.69 bits per heavy atom. The van der Waals surface area contributed by atoms with E-state index in [-0.39, 0.29) is 24.1 Å². The van der Waals surface area contributed by atoms with Gasteiger partial charge in [-0.05, 0) is 31.5 Å². The molecule has 8 heteroatoms. The Bertz CT molecular complexity index is 1040. The van der Waals surface area contributed by atoms with Gasteiger partial charge in [0, 0.05) is 13.6 Å². The number of aromatic nitrogens is 4. The monoisotopic (exact) mass is 394 g/mol. The zero-order valence-corrected chi connectivity index (χ0v) is 16.6. The van der Waals surface area contributed by atoms with Crippen LogP contribution < -0.4 is 10.9 Å². The molecule has 3 heterocycles. The Morgan fingerprint density at radius 1 is 1.17 bits per heavy atom. The second-order valence-corrected chi connectivity index (χ2v) is 7.51. The van der Waals surface area contributed by atoms with E-state index in [1.807, 2.05) is 18.2 Å². The summed E-state index contributed by atoms with van der Waals surface area (Å²) in [4.78, 5) is 31.8. The molecule has 1 unspecified atom stereocenters. The van der Waals surface area contributed by atoms with Crippen molar-refractivity contribution in [1.82, 2.24) is 29.5 Å². The third kappa shape index (κ3) is 4.22. The smallest absolute Gasteiger partial charge is 0.264 e. The van der Waals surface area contributed by atoms with Crippen molar-refractivity contribution < 1.29 is 4.79 Å². The molecule has 0 bridgehead atoms. The number of hydrogen-bond donors (Lipinski definition) is 1. The van der Waals surface area contributed by atoms with E-state index >= 15 is 0 Å². The standard InChI is InChI=1S/C21H26N6O2/c1-25-20-17(12-24-25)21(29)27(15-23-20)14-19(28)22-13-18(16-8-4-2-5-9-16)26-10-6-3-7-11-26/h2,4-5,8-9,12,15,18H,3,6-7,10-11,13-14H2,1H3,(H,22,28). The molecule has 1 atom stereocenters. The molecule has 0 aliphatic carbocycles. The predicted octanol–water partition coefficient (Wildman–Crippen LogP) is 1.47. The van der Waals surface area contributed by atoms with Crippen LogP contribution in [0.4, 0.5) is 0 Å². The number of nitrogens with one attached hydrogen (secondary N) is 1. The van der Waals surface area contributed by atoms with Gasteiger partial charge in [-0.3, -0.25) is 23.7 Å². The molecule has 29 heavy (non-hydrogen) atoms. The maximum absolute atomic E-state index is 12.6. The van der Waals surface area contributed by atoms with E-state index in [9.17, 15) is 9.59 Å². The van der Waals surface area contributed by atoms with Gasteiger partial charge in [-0.15, -0.1) is 0 Å². The van der Waals surface area contributed by atoms with Crippen molar-refractivity contribution >= 4 is 16.9 Å². The Labute approximate surface area is 169 Å². The Balaban J connectivity index is 1.45. The molecule has 1 amide bonds. The average molecular weight is 394 g/mol. The minimum atomic E-state index is -0.256. The Kier molecular flexibility index (Phi) is 5.71. The Hall–Kier alpha value is -3.00. The summed E-state index contributed by atoms with van der Waals surface area (Å²) < 4.78 is 2.88. The van der Waals surface area contributed by atoms with Crippen molar-refractivity contribution in [1.29, 1.82) is 0 Å². The third-order valence-corrected chi connectivity index (χ3v) is 5.54. The lowest BCUT2D eigenvalue weighted by Gasteiger charge is -2.35. The SMILES string of the molecule is Cn1ncc2c(=O)n(CC(=O)NCC(c3ccccc3)N3CCCCC3)cnc21. The minimum Gasteiger partial charge on any atom is -0.353 e. The largest absolute Gasteiger partial charge is 0.353 e. The molecule has 1 aliphatic rings. The lowest BCUT2D eigenvalue weighted by molar-refractivity contribution is -0.122. The number of carbonyl (C=O) groups is 1. The molecule has 0 radical (unpaired) electrons. The van der Waals surface area contributed by atoms with Gasteiger partial charge in [-0.1, -0.05) is 36.8 Å². The van der Waals surface area contributed by atoms with Crippen molar-refractivity contribution in [2.24, 2.45) is 7.05 Å². The molecule has 1 aliphatic heterocycles. The first-order chi connectivity index (χ1) is 14.1. The van der Waals surface area contributed by atoms with E-state index in [0.717, 1.165) is 13.1 Å². The van der Waals surface area contributed by atoms with Gasteiger partial charge < -0.3 is 5.32 Å². The van der Waals surface area contributed by atoms with Gasteiger partial charge in [0.25, 0.3) is 5.56 Å². The van der Waals surface area contributed by atoms with E-state index in [0.29, 0.717) is 17.6 Å². The quantitative estimate of drug-likeness (QED) is 0.684. The second kappa shape index (κ2) is 8.57. The van der Waals surface area contributed by atoms with Gasteiger partial charge >= 0.3 is 0 Å². The fourth-order valence-corrected chi connectivity index (χ4v) is 3.96. The predicted molar refractivity (Wildman–Crippen MR) is 110 cm³/mol. The van der Waals surface area contributed by atoms with Crippen molar-refractivity contribution in [3.8, 4) is 0 Å². The molecular formula is C21H26N6O2. The molecule has 0 spiro atoms. The van der Waals surface area contributed by atoms with Gasteiger partial charge in [-0.25, -0.2) is 4.98 Å². The van der Waals surface area contributed by atoms with Crippen LogP contribution in [0.2, 0.25) is 0 Å². The topological polar surface area (TPSA) is 85.0 Å². The molecule has 1 fully saturated rings. The third-order valence-electron chi connectivity index (χ3n) is 5.54. The number of rotatable bonds is 6. The van der Waals surface area contributed by atoms with E-state index in [1.54, 1.807) is 11.7 Å². The number of amides is 1. The van der Waals surface area contributed by atoms with Crippen LogP contribution in [-0.2, 0) is 18.4 Å². The fraction of sp³-hybridized carbons (Fsp3) is 0.429. The number of benzene rings is 1. The second-order valence-electron chi connectivity index (χ2n) is 7.51. The van der Waals surface area contributed by atoms with Crippen LogP contribution in [-0.4, -0.2) is 49.8 Å². The van der Waals surface area contributed by atoms with Crippen LogP contribution in [0.1, 0.15) is 30.9 Å². The summed E-state index contributed by atoms with van der Waals surface area (Å²) in [5.74, 6) is -0.199. The maximum Gasteiger partial charge on any atom is 0.264 e. The average Bonchev–Trinajstić information content (AvgIpc) is 3.13. The summed E-state index contributed by atoms with van der Waals surface area (Å²) in [5.41, 5.74) is 1.46. The van der Waals surface area contributed by atoms with E-state index in [1.165, 1.54) is 41.9 Å². The number of nitrogens with zero attached hydrogens (tertiary/aromatic N) is 5. The highest BCUT2D eigenvalue weighted by Crippen LogP contribution is 2.24. The van der Waals surface area contributed by atoms with Crippen LogP contribution in [0.5, 0.6) is 0 Å². The van der Waals surface area contributed by atoms with Crippen molar-refractivity contribution in [3.63, 3.8) is 0 Å². The summed E-state index contributed by atoms with van der Waals surface area (Å²) >= 11 is 0. The molecular weight excluding hydrogens is 368 g/mol. The summed E-state index contributed by atoms with van der Waals surface area (Å²) in [6, 6.07) is 10.4. The molecule has 1 N–H and O–H groups in total. The number of likely N-dealkylation sites (tertiary alicyclic amines) is 1. The van der Waals surface area contributed by atoms with E-state index in [4.69, 9.17) is 0 Å². The van der Waals surface area contributed by atoms with E-state index < -0.39 is 0 Å². The highest BCUT2D eigenvalue weighted by molar-refractivity contribution is 5.77. The highest BCUT2D eigenvalue weighted by atomic mass is 16.2. The summed E-state index contributed by atoms with van der Waals surface area (Å²) in [7, 11) is 1.73. The van der Waals surface area contributed by atoms with Gasteiger partial charge in [0.05, 0.1) is 12.2 Å². The summed E-state index contributed by atoms with van der Waals surface area (Å²) in [6.45, 7) is 2.53. The normalized spacial score (nSPS) is 16.0. The van der Waals surface area contributed by atoms with Gasteiger partial charge in [0.1, 0.15) is 18.3 Å². The highest BCUT2D eigenvalue weighted by Gasteiger charge is 2.23. The number of fused-ring (bicyclic) bond motifs is 1. The zero-order chi connectivity index (χ0) is 20.2. The molecule has 0 saturated carbocycles. The first-order valence-electron chi connectivity index (χ1n) is 10.1. The molecule has 2 aromatic heterocycles. The summed E-state index contributed by atoms with van der Waals surface area (Å²) in [5, 5.41) is 7.49. The van der Waals surface area contributed by atoms with Crippen LogP contribution in [0.3, 0.4) is 0 Å².